The van der Waals surface area contributed by atoms with Gasteiger partial charge in [0.2, 0.25) is 11.6 Å². The Morgan fingerprint density at radius 2 is 1.56 bits per heavy atom. The van der Waals surface area contributed by atoms with E-state index in [0.29, 0.717) is 30.7 Å². The number of rotatable bonds is 10. The Kier molecular flexibility index (Phi) is 15.5. The zero-order valence-electron chi connectivity index (χ0n) is 22.8. The van der Waals surface area contributed by atoms with E-state index in [9.17, 15) is 31.5 Å². The quantitative estimate of drug-likeness (QED) is 0.119. The first-order chi connectivity index (χ1) is 21.0. The molecule has 2 aromatic carbocycles. The van der Waals surface area contributed by atoms with Gasteiger partial charge in [-0.1, -0.05) is 52.3 Å². The molecule has 246 valence electrons. The largest absolute Gasteiger partial charge is 0.434 e. The van der Waals surface area contributed by atoms with Gasteiger partial charge in [-0.3, -0.25) is 10.1 Å². The summed E-state index contributed by atoms with van der Waals surface area (Å²) in [5, 5.41) is 3.45. The second-order valence-corrected chi connectivity index (χ2v) is 16.0. The van der Waals surface area contributed by atoms with Crippen LogP contribution in [-0.4, -0.2) is 35.3 Å². The lowest BCUT2D eigenvalue weighted by Gasteiger charge is -2.18. The third-order valence-corrected chi connectivity index (χ3v) is 11.5. The van der Waals surface area contributed by atoms with Crippen molar-refractivity contribution in [3.8, 4) is 11.6 Å². The van der Waals surface area contributed by atoms with Crippen LogP contribution in [-0.2, 0) is 27.0 Å². The van der Waals surface area contributed by atoms with Crippen LogP contribution in [0.3, 0.4) is 0 Å². The van der Waals surface area contributed by atoms with Gasteiger partial charge in [0.25, 0.3) is 5.91 Å². The highest BCUT2D eigenvalue weighted by Crippen LogP contribution is 2.61. The van der Waals surface area contributed by atoms with Crippen molar-refractivity contribution in [3.05, 3.63) is 80.4 Å². The van der Waals surface area contributed by atoms with Gasteiger partial charge in [-0.05, 0) is 56.0 Å². The summed E-state index contributed by atoms with van der Waals surface area (Å²) in [6.45, 7) is 4.96. The molecule has 1 heterocycles. The fourth-order valence-corrected chi connectivity index (χ4v) is 8.98. The first-order valence-electron chi connectivity index (χ1n) is 12.1. The van der Waals surface area contributed by atoms with Crippen LogP contribution in [0.25, 0.3) is 0 Å². The van der Waals surface area contributed by atoms with Crippen LogP contribution in [0.4, 0.5) is 32.4 Å². The standard InChI is InChI=1S/C20H9Cl3F5N3O3.C5H12ClO2PS2/c21-10-5-9(30-19(33)31-17(32)15-13(24)2-1-3-14(15)25)6-11(22)16(10)34-18-12(23)4-8(7-29-18)20(26,27)28;1-3-7-9(10,8-4-2)11-5-6/h1-7H,(H2,30,31,32,33);3-5H2,1-2H3. The van der Waals surface area contributed by atoms with Crippen molar-refractivity contribution in [3.63, 3.8) is 0 Å². The van der Waals surface area contributed by atoms with Crippen molar-refractivity contribution in [2.45, 2.75) is 20.0 Å². The van der Waals surface area contributed by atoms with E-state index >= 15 is 0 Å². The zero-order valence-corrected chi connectivity index (χ0v) is 28.4. The fourth-order valence-electron chi connectivity index (χ4n) is 3.01. The van der Waals surface area contributed by atoms with Crippen molar-refractivity contribution in [2.24, 2.45) is 0 Å². The van der Waals surface area contributed by atoms with Crippen LogP contribution in [0.1, 0.15) is 29.8 Å². The number of anilines is 1. The number of carbonyl (C=O) groups excluding carboxylic acids is 2. The van der Waals surface area contributed by atoms with E-state index in [2.05, 4.69) is 10.3 Å². The van der Waals surface area contributed by atoms with Gasteiger partial charge in [-0.25, -0.2) is 18.6 Å². The van der Waals surface area contributed by atoms with Gasteiger partial charge < -0.3 is 19.1 Å². The molecule has 0 unspecified atom stereocenters. The molecule has 0 atom stereocenters. The Morgan fingerprint density at radius 3 is 2.02 bits per heavy atom. The highest BCUT2D eigenvalue weighted by atomic mass is 35.5. The Labute approximate surface area is 283 Å². The molecule has 0 saturated carbocycles. The summed E-state index contributed by atoms with van der Waals surface area (Å²) in [4.78, 5) is 27.5. The topological polar surface area (TPSA) is 98.8 Å². The second-order valence-electron chi connectivity index (χ2n) is 7.91. The molecule has 3 amide bonds. The number of hydrogen-bond donors (Lipinski definition) is 2. The number of amides is 3. The van der Waals surface area contributed by atoms with E-state index in [1.54, 1.807) is 5.32 Å². The average Bonchev–Trinajstić information content (AvgIpc) is 2.91. The third-order valence-electron chi connectivity index (χ3n) is 4.79. The van der Waals surface area contributed by atoms with Crippen LogP contribution in [0, 0.1) is 11.6 Å². The van der Waals surface area contributed by atoms with Gasteiger partial charge in [-0.15, -0.1) is 11.6 Å². The first kappa shape index (κ1) is 39.2. The molecular weight excluding hydrogens is 754 g/mol. The number of alkyl halides is 4. The minimum Gasteiger partial charge on any atom is -0.434 e. The summed E-state index contributed by atoms with van der Waals surface area (Å²) in [5.74, 6) is -4.35. The molecule has 0 aliphatic rings. The summed E-state index contributed by atoms with van der Waals surface area (Å²) in [6, 6.07) is 4.39. The lowest BCUT2D eigenvalue weighted by molar-refractivity contribution is -0.137. The molecule has 8 nitrogen and oxygen atoms in total. The minimum atomic E-state index is -4.67. The van der Waals surface area contributed by atoms with Crippen LogP contribution in [0.2, 0.25) is 15.1 Å². The van der Waals surface area contributed by atoms with E-state index in [1.165, 1.54) is 11.4 Å². The van der Waals surface area contributed by atoms with Gasteiger partial charge in [-0.2, -0.15) is 13.2 Å². The molecule has 1 aromatic heterocycles. The number of urea groups is 1. The molecule has 3 aromatic rings. The number of hydrogen-bond acceptors (Lipinski definition) is 8. The maximum absolute atomic E-state index is 13.7. The summed E-state index contributed by atoms with van der Waals surface area (Å²) in [7, 11) is 0. The number of aromatic nitrogens is 1. The molecule has 45 heavy (non-hydrogen) atoms. The molecule has 0 aliphatic carbocycles. The third kappa shape index (κ3) is 12.0. The zero-order chi connectivity index (χ0) is 33.9. The summed E-state index contributed by atoms with van der Waals surface area (Å²) in [6.07, 6.45) is -4.17. The molecule has 3 rings (SSSR count). The Hall–Kier alpha value is -1.94. The molecule has 2 N–H and O–H groups in total. The fraction of sp³-hybridized carbons (Fsp3) is 0.240. The molecule has 0 saturated heterocycles. The Bertz CT molecular complexity index is 1510. The number of nitrogens with one attached hydrogen (secondary N) is 2. The molecular formula is C25H21Cl4F5N3O5PS2. The first-order valence-corrected chi connectivity index (χ1v) is 18.0. The van der Waals surface area contributed by atoms with Crippen molar-refractivity contribution in [1.29, 1.82) is 0 Å². The van der Waals surface area contributed by atoms with Crippen molar-refractivity contribution < 1.29 is 45.3 Å². The number of carbonyl (C=O) groups is 2. The number of imide groups is 1. The number of nitrogens with zero attached hydrogens (tertiary/aromatic N) is 1. The number of ether oxygens (including phenoxy) is 1. The summed E-state index contributed by atoms with van der Waals surface area (Å²) >= 11 is 30.0. The van der Waals surface area contributed by atoms with Crippen molar-refractivity contribution >= 4 is 92.9 Å². The van der Waals surface area contributed by atoms with Crippen LogP contribution < -0.4 is 15.4 Å². The number of halogens is 9. The highest BCUT2D eigenvalue weighted by molar-refractivity contribution is 8.68. The minimum absolute atomic E-state index is 0.0619. The predicted molar refractivity (Wildman–Crippen MR) is 169 cm³/mol. The van der Waals surface area contributed by atoms with E-state index in [-0.39, 0.29) is 21.5 Å². The smallest absolute Gasteiger partial charge is 0.417 e. The summed E-state index contributed by atoms with van der Waals surface area (Å²) in [5.41, 5.74) is -4.22. The van der Waals surface area contributed by atoms with Crippen LogP contribution in [0.15, 0.2) is 42.6 Å². The van der Waals surface area contributed by atoms with E-state index in [1.807, 2.05) is 13.8 Å². The Balaban J connectivity index is 0.000000547. The lowest BCUT2D eigenvalue weighted by Crippen LogP contribution is -2.35. The Morgan fingerprint density at radius 1 is 1.00 bits per heavy atom. The van der Waals surface area contributed by atoms with E-state index in [0.717, 1.165) is 30.3 Å². The normalized spacial score (nSPS) is 11.4. The molecule has 0 radical (unpaired) electrons. The molecule has 0 bridgehead atoms. The van der Waals surface area contributed by atoms with Crippen LogP contribution in [0.5, 0.6) is 11.6 Å². The molecule has 0 fully saturated rings. The SMILES string of the molecule is CCOP(=S)(OCC)SCCl.O=C(NC(=O)c1c(F)cccc1F)Nc1cc(Cl)c(Oc2ncc(C(F)(F)F)cc2Cl)c(Cl)c1. The molecule has 0 spiro atoms. The van der Waals surface area contributed by atoms with Crippen molar-refractivity contribution in [1.82, 2.24) is 10.3 Å². The van der Waals surface area contributed by atoms with Gasteiger partial charge in [0.05, 0.1) is 34.0 Å². The maximum atomic E-state index is 13.7. The monoisotopic (exact) mass is 773 g/mol. The molecule has 20 heteroatoms. The lowest BCUT2D eigenvalue weighted by atomic mass is 10.2. The highest BCUT2D eigenvalue weighted by Gasteiger charge is 2.32. The van der Waals surface area contributed by atoms with E-state index in [4.69, 9.17) is 72.0 Å². The van der Waals surface area contributed by atoms with Gasteiger partial charge in [0, 0.05) is 11.9 Å². The average molecular weight is 775 g/mol. The predicted octanol–water partition coefficient (Wildman–Crippen LogP) is 10.3. The van der Waals surface area contributed by atoms with Crippen molar-refractivity contribution in [2.75, 3.05) is 23.7 Å². The van der Waals surface area contributed by atoms with E-state index < -0.39 is 57.5 Å². The van der Waals surface area contributed by atoms with Gasteiger partial charge in [0.15, 0.2) is 5.75 Å². The van der Waals surface area contributed by atoms with Gasteiger partial charge in [0.1, 0.15) is 22.2 Å². The summed E-state index contributed by atoms with van der Waals surface area (Å²) < 4.78 is 81.4. The molecule has 0 aliphatic heterocycles. The maximum Gasteiger partial charge on any atom is 0.417 e. The number of benzene rings is 2. The number of pyridine rings is 1. The van der Waals surface area contributed by atoms with Gasteiger partial charge >= 0.3 is 12.2 Å². The van der Waals surface area contributed by atoms with Crippen LogP contribution >= 0.6 is 63.5 Å². The second kappa shape index (κ2) is 17.8.